The number of imide groups is 1. The maximum Gasteiger partial charge on any atom is 0.573 e. The van der Waals surface area contributed by atoms with Crippen molar-refractivity contribution in [2.24, 2.45) is 5.92 Å². The van der Waals surface area contributed by atoms with Gasteiger partial charge in [0.25, 0.3) is 5.91 Å². The quantitative estimate of drug-likeness (QED) is 0.464. The zero-order chi connectivity index (χ0) is 27.6. The lowest BCUT2D eigenvalue weighted by atomic mass is 9.87. The lowest BCUT2D eigenvalue weighted by molar-refractivity contribution is -0.274. The zero-order valence-electron chi connectivity index (χ0n) is 21.4. The third-order valence-electron chi connectivity index (χ3n) is 7.65. The Morgan fingerprint density at radius 2 is 1.72 bits per heavy atom. The molecule has 2 aromatic carbocycles. The lowest BCUT2D eigenvalue weighted by Gasteiger charge is -2.37. The molecule has 208 valence electrons. The zero-order valence-corrected chi connectivity index (χ0v) is 21.4. The van der Waals surface area contributed by atoms with Crippen LogP contribution in [0.5, 0.6) is 5.75 Å². The highest BCUT2D eigenvalue weighted by molar-refractivity contribution is 6.07. The molecule has 39 heavy (non-hydrogen) atoms. The van der Waals surface area contributed by atoms with Gasteiger partial charge in [0.1, 0.15) is 11.3 Å². The van der Waals surface area contributed by atoms with E-state index in [9.17, 15) is 27.6 Å². The average Bonchev–Trinajstić information content (AvgIpc) is 3.73. The minimum atomic E-state index is -4.79. The molecule has 2 N–H and O–H groups in total. The van der Waals surface area contributed by atoms with Gasteiger partial charge in [-0.2, -0.15) is 0 Å². The van der Waals surface area contributed by atoms with E-state index in [4.69, 9.17) is 0 Å². The van der Waals surface area contributed by atoms with Gasteiger partial charge in [-0.1, -0.05) is 42.5 Å². The van der Waals surface area contributed by atoms with Gasteiger partial charge in [0.2, 0.25) is 5.91 Å². The molecule has 3 aliphatic rings. The summed E-state index contributed by atoms with van der Waals surface area (Å²) in [6, 6.07) is 14.4. The summed E-state index contributed by atoms with van der Waals surface area (Å²) in [6.45, 7) is 1.92. The molecule has 0 aromatic heterocycles. The molecule has 1 aliphatic carbocycles. The van der Waals surface area contributed by atoms with E-state index in [-0.39, 0.29) is 36.1 Å². The molecule has 2 saturated heterocycles. The van der Waals surface area contributed by atoms with Gasteiger partial charge in [0.15, 0.2) is 0 Å². The lowest BCUT2D eigenvalue weighted by Crippen LogP contribution is -2.55. The van der Waals surface area contributed by atoms with Crippen molar-refractivity contribution in [2.45, 2.75) is 56.6 Å². The van der Waals surface area contributed by atoms with Crippen LogP contribution in [0, 0.1) is 5.92 Å². The Hall–Kier alpha value is -3.60. The molecule has 11 heteroatoms. The Morgan fingerprint density at radius 3 is 2.33 bits per heavy atom. The first-order valence-corrected chi connectivity index (χ1v) is 13.2. The van der Waals surface area contributed by atoms with Crippen molar-refractivity contribution in [2.75, 3.05) is 19.6 Å². The largest absolute Gasteiger partial charge is 0.573 e. The first kappa shape index (κ1) is 27.0. The van der Waals surface area contributed by atoms with Crippen LogP contribution in [0.1, 0.15) is 49.3 Å². The molecule has 3 fully saturated rings. The number of nitrogens with zero attached hydrogens (tertiary/aromatic N) is 2. The van der Waals surface area contributed by atoms with Crippen LogP contribution >= 0.6 is 0 Å². The molecule has 2 aromatic rings. The smallest absolute Gasteiger partial charge is 0.406 e. The van der Waals surface area contributed by atoms with Crippen molar-refractivity contribution < 1.29 is 32.3 Å². The van der Waals surface area contributed by atoms with Gasteiger partial charge >= 0.3 is 12.4 Å². The predicted octanol–water partition coefficient (Wildman–Crippen LogP) is 4.13. The van der Waals surface area contributed by atoms with E-state index >= 15 is 0 Å². The minimum absolute atomic E-state index is 0.0398. The van der Waals surface area contributed by atoms with E-state index in [1.54, 1.807) is 0 Å². The Labute approximate surface area is 224 Å². The number of alkyl halides is 3. The monoisotopic (exact) mass is 544 g/mol. The molecule has 4 amide bonds. The van der Waals surface area contributed by atoms with Crippen LogP contribution in [-0.4, -0.2) is 59.2 Å². The Morgan fingerprint density at radius 1 is 1.05 bits per heavy atom. The second-order valence-electron chi connectivity index (χ2n) is 10.5. The van der Waals surface area contributed by atoms with Gasteiger partial charge in [-0.15, -0.1) is 13.2 Å². The molecule has 0 bridgehead atoms. The number of benzene rings is 2. The van der Waals surface area contributed by atoms with Crippen molar-refractivity contribution in [3.05, 3.63) is 65.7 Å². The molecule has 5 rings (SSSR count). The first-order chi connectivity index (χ1) is 18.6. The number of halogens is 3. The highest BCUT2D eigenvalue weighted by atomic mass is 19.4. The number of hydrogen-bond acceptors (Lipinski definition) is 5. The van der Waals surface area contributed by atoms with Crippen LogP contribution in [0.4, 0.5) is 18.0 Å². The average molecular weight is 545 g/mol. The number of urea groups is 1. The second-order valence-corrected chi connectivity index (χ2v) is 10.5. The maximum absolute atomic E-state index is 13.3. The number of carbonyl (C=O) groups is 3. The number of carbonyl (C=O) groups excluding carboxylic acids is 3. The van der Waals surface area contributed by atoms with E-state index in [1.807, 2.05) is 30.3 Å². The van der Waals surface area contributed by atoms with Crippen LogP contribution in [0.25, 0.3) is 0 Å². The number of ether oxygens (including phenoxy) is 1. The van der Waals surface area contributed by atoms with E-state index < -0.39 is 17.9 Å². The number of rotatable bonds is 9. The van der Waals surface area contributed by atoms with Gasteiger partial charge in [-0.25, -0.2) is 4.79 Å². The van der Waals surface area contributed by atoms with Crippen molar-refractivity contribution in [1.29, 1.82) is 0 Å². The van der Waals surface area contributed by atoms with Gasteiger partial charge in [-0.05, 0) is 55.4 Å². The number of amides is 4. The van der Waals surface area contributed by atoms with Crippen LogP contribution in [0.3, 0.4) is 0 Å². The Balaban J connectivity index is 1.15. The molecular weight excluding hydrogens is 513 g/mol. The topological polar surface area (TPSA) is 91.0 Å². The molecule has 2 aliphatic heterocycles. The van der Waals surface area contributed by atoms with Crippen molar-refractivity contribution >= 4 is 17.8 Å². The summed E-state index contributed by atoms with van der Waals surface area (Å²) < 4.78 is 41.1. The molecule has 0 unspecified atom stereocenters. The molecule has 8 nitrogen and oxygen atoms in total. The van der Waals surface area contributed by atoms with Crippen LogP contribution in [0.15, 0.2) is 54.6 Å². The van der Waals surface area contributed by atoms with E-state index in [0.717, 1.165) is 48.4 Å². The van der Waals surface area contributed by atoms with Gasteiger partial charge in [-0.3, -0.25) is 14.5 Å². The fourth-order valence-electron chi connectivity index (χ4n) is 5.25. The normalized spacial score (nSPS) is 20.1. The fourth-order valence-corrected chi connectivity index (χ4v) is 5.25. The van der Waals surface area contributed by atoms with Gasteiger partial charge < -0.3 is 20.3 Å². The molecular formula is C28H31F3N4O4. The van der Waals surface area contributed by atoms with Crippen molar-refractivity contribution in [3.63, 3.8) is 0 Å². The van der Waals surface area contributed by atoms with E-state index in [0.29, 0.717) is 31.5 Å². The maximum atomic E-state index is 13.3. The number of nitrogens with one attached hydrogen (secondary N) is 2. The molecule has 1 saturated carbocycles. The van der Waals surface area contributed by atoms with Crippen molar-refractivity contribution in [3.8, 4) is 5.75 Å². The summed E-state index contributed by atoms with van der Waals surface area (Å²) in [4.78, 5) is 41.8. The predicted molar refractivity (Wildman–Crippen MR) is 135 cm³/mol. The van der Waals surface area contributed by atoms with Crippen LogP contribution in [0.2, 0.25) is 0 Å². The molecule has 1 spiro atoms. The molecule has 2 heterocycles. The van der Waals surface area contributed by atoms with Gasteiger partial charge in [0, 0.05) is 25.6 Å². The van der Waals surface area contributed by atoms with Gasteiger partial charge in [0.05, 0.1) is 12.6 Å². The summed E-state index contributed by atoms with van der Waals surface area (Å²) in [5, 5.41) is 6.06. The number of likely N-dealkylation sites (tertiary alicyclic amines) is 1. The third kappa shape index (κ3) is 6.52. The summed E-state index contributed by atoms with van der Waals surface area (Å²) >= 11 is 0. The van der Waals surface area contributed by atoms with Crippen LogP contribution < -0.4 is 15.4 Å². The number of hydrogen-bond donors (Lipinski definition) is 2. The standard InChI is InChI=1S/C28H31F3N4O4/c29-28(30,31)39-22-10-6-19(7-11-22)18-35-25(37)27(33-26(35)38)13-16-34(17-14-27)15-12-23(20-4-2-1-3-5-20)32-24(36)21-8-9-21/h1-7,10-11,21,23H,8-9,12-18H2,(H,32,36)(H,33,38)/t23-/m0/s1. The van der Waals surface area contributed by atoms with Crippen molar-refractivity contribution in [1.82, 2.24) is 20.4 Å². The van der Waals surface area contributed by atoms with Crippen LogP contribution in [-0.2, 0) is 16.1 Å². The Bertz CT molecular complexity index is 1190. The minimum Gasteiger partial charge on any atom is -0.406 e. The second kappa shape index (κ2) is 10.9. The Kier molecular flexibility index (Phi) is 7.53. The first-order valence-electron chi connectivity index (χ1n) is 13.2. The third-order valence-corrected chi connectivity index (χ3v) is 7.65. The highest BCUT2D eigenvalue weighted by Gasteiger charge is 2.52. The summed E-state index contributed by atoms with van der Waals surface area (Å²) in [6.07, 6.45) is -1.27. The highest BCUT2D eigenvalue weighted by Crippen LogP contribution is 2.33. The summed E-state index contributed by atoms with van der Waals surface area (Å²) in [5.41, 5.74) is 0.598. The molecule has 1 atom stereocenters. The van der Waals surface area contributed by atoms with E-state index in [1.165, 1.54) is 12.1 Å². The summed E-state index contributed by atoms with van der Waals surface area (Å²) in [7, 11) is 0. The SMILES string of the molecule is O=C(N[C@@H](CCN1CCC2(CC1)NC(=O)N(Cc1ccc(OC(F)(F)F)cc1)C2=O)c1ccccc1)C1CC1. The fraction of sp³-hybridized carbons (Fsp3) is 0.464. The van der Waals surface area contributed by atoms with E-state index in [2.05, 4.69) is 20.3 Å². The summed E-state index contributed by atoms with van der Waals surface area (Å²) in [5.74, 6) is -0.462. The molecule has 0 radical (unpaired) electrons. The number of piperidine rings is 1.